The van der Waals surface area contributed by atoms with Gasteiger partial charge >= 0.3 is 0 Å². The average molecular weight is 414 g/mol. The molecule has 0 spiro atoms. The van der Waals surface area contributed by atoms with E-state index in [-0.39, 0.29) is 17.7 Å². The van der Waals surface area contributed by atoms with E-state index in [0.29, 0.717) is 11.0 Å². The van der Waals surface area contributed by atoms with Gasteiger partial charge in [-0.25, -0.2) is 4.98 Å². The zero-order chi connectivity index (χ0) is 19.7. The van der Waals surface area contributed by atoms with Crippen LogP contribution in [0.15, 0.2) is 34.8 Å². The molecule has 0 atom stereocenters. The molecule has 8 heteroatoms. The summed E-state index contributed by atoms with van der Waals surface area (Å²) in [5.74, 6) is 1.80. The molecule has 2 aromatic heterocycles. The van der Waals surface area contributed by atoms with E-state index in [0.717, 1.165) is 22.2 Å². The van der Waals surface area contributed by atoms with Crippen molar-refractivity contribution in [3.63, 3.8) is 0 Å². The summed E-state index contributed by atoms with van der Waals surface area (Å²) in [6.45, 7) is 6.31. The lowest BCUT2D eigenvalue weighted by molar-refractivity contribution is -0.113. The minimum atomic E-state index is -0.0823. The van der Waals surface area contributed by atoms with Gasteiger partial charge in [0.05, 0.1) is 11.4 Å². The summed E-state index contributed by atoms with van der Waals surface area (Å²) in [5, 5.41) is 15.0. The highest BCUT2D eigenvalue weighted by Gasteiger charge is 2.31. The summed E-state index contributed by atoms with van der Waals surface area (Å²) >= 11 is 2.87. The molecule has 2 heterocycles. The Kier molecular flexibility index (Phi) is 5.50. The number of benzene rings is 1. The Morgan fingerprint density at radius 2 is 2.04 bits per heavy atom. The Morgan fingerprint density at radius 1 is 1.29 bits per heavy atom. The van der Waals surface area contributed by atoms with Gasteiger partial charge in [-0.2, -0.15) is 0 Å². The van der Waals surface area contributed by atoms with E-state index >= 15 is 0 Å². The van der Waals surface area contributed by atoms with Crippen molar-refractivity contribution >= 4 is 34.1 Å². The topological polar surface area (TPSA) is 72.7 Å². The van der Waals surface area contributed by atoms with Gasteiger partial charge in [0.25, 0.3) is 0 Å². The number of thioether (sulfide) groups is 1. The Labute approximate surface area is 172 Å². The van der Waals surface area contributed by atoms with Crippen LogP contribution in [0.1, 0.15) is 50.0 Å². The van der Waals surface area contributed by atoms with Crippen molar-refractivity contribution in [2.75, 3.05) is 11.1 Å². The number of carbonyl (C=O) groups excluding carboxylic acids is 1. The first kappa shape index (κ1) is 19.1. The molecule has 4 rings (SSSR count). The number of anilines is 1. The van der Waals surface area contributed by atoms with E-state index in [4.69, 9.17) is 0 Å². The maximum Gasteiger partial charge on any atom is 0.236 e. The SMILES string of the molecule is Cc1ccc(-c2csc(NC(=O)CSc3nnc(C4CC4)n3C(C)C)n2)cc1. The lowest BCUT2D eigenvalue weighted by Crippen LogP contribution is -2.15. The number of nitrogens with one attached hydrogen (secondary N) is 1. The van der Waals surface area contributed by atoms with E-state index in [2.05, 4.69) is 58.0 Å². The zero-order valence-corrected chi connectivity index (χ0v) is 17.8. The monoisotopic (exact) mass is 413 g/mol. The molecular formula is C20H23N5OS2. The Morgan fingerprint density at radius 3 is 2.71 bits per heavy atom. The van der Waals surface area contributed by atoms with E-state index in [1.165, 1.54) is 41.5 Å². The van der Waals surface area contributed by atoms with Crippen LogP contribution < -0.4 is 5.32 Å². The standard InChI is InChI=1S/C20H23N5OS2/c1-12(2)25-18(15-8-9-15)23-24-20(25)28-11-17(26)22-19-21-16(10-27-19)14-6-4-13(3)5-7-14/h4-7,10,12,15H,8-9,11H2,1-3H3,(H,21,22,26). The van der Waals surface area contributed by atoms with Gasteiger partial charge in [-0.1, -0.05) is 41.6 Å². The van der Waals surface area contributed by atoms with Crippen molar-refractivity contribution in [1.29, 1.82) is 0 Å². The highest BCUT2D eigenvalue weighted by atomic mass is 32.2. The number of nitrogens with zero attached hydrogens (tertiary/aromatic N) is 4. The van der Waals surface area contributed by atoms with Crippen LogP contribution in [0.2, 0.25) is 0 Å². The molecule has 0 bridgehead atoms. The number of carbonyl (C=O) groups is 1. The molecule has 28 heavy (non-hydrogen) atoms. The molecular weight excluding hydrogens is 390 g/mol. The fourth-order valence-electron chi connectivity index (χ4n) is 2.97. The quantitative estimate of drug-likeness (QED) is 0.558. The van der Waals surface area contributed by atoms with Gasteiger partial charge in [0.1, 0.15) is 5.82 Å². The number of hydrogen-bond donors (Lipinski definition) is 1. The first-order chi connectivity index (χ1) is 13.5. The van der Waals surface area contributed by atoms with E-state index in [9.17, 15) is 4.79 Å². The van der Waals surface area contributed by atoms with Crippen LogP contribution in [0, 0.1) is 6.92 Å². The molecule has 1 saturated carbocycles. The van der Waals surface area contributed by atoms with E-state index in [1.54, 1.807) is 0 Å². The van der Waals surface area contributed by atoms with Crippen LogP contribution in [0.4, 0.5) is 5.13 Å². The number of thiazole rings is 1. The Hall–Kier alpha value is -2.19. The second kappa shape index (κ2) is 8.05. The van der Waals surface area contributed by atoms with Crippen LogP contribution in [0.3, 0.4) is 0 Å². The average Bonchev–Trinajstić information content (AvgIpc) is 3.25. The van der Waals surface area contributed by atoms with Crippen molar-refractivity contribution in [2.45, 2.75) is 50.7 Å². The van der Waals surface area contributed by atoms with Crippen molar-refractivity contribution in [3.05, 3.63) is 41.0 Å². The number of rotatable bonds is 7. The highest BCUT2D eigenvalue weighted by molar-refractivity contribution is 7.99. The molecule has 0 saturated heterocycles. The predicted molar refractivity (Wildman–Crippen MR) is 114 cm³/mol. The summed E-state index contributed by atoms with van der Waals surface area (Å²) < 4.78 is 2.16. The normalized spacial score (nSPS) is 13.9. The highest BCUT2D eigenvalue weighted by Crippen LogP contribution is 2.41. The lowest BCUT2D eigenvalue weighted by atomic mass is 10.1. The van der Waals surface area contributed by atoms with Crippen LogP contribution in [-0.2, 0) is 4.79 Å². The first-order valence-electron chi connectivity index (χ1n) is 9.41. The van der Waals surface area contributed by atoms with Gasteiger partial charge < -0.3 is 9.88 Å². The number of aromatic nitrogens is 4. The zero-order valence-electron chi connectivity index (χ0n) is 16.2. The van der Waals surface area contributed by atoms with Crippen molar-refractivity contribution in [3.8, 4) is 11.3 Å². The molecule has 0 aliphatic heterocycles. The second-order valence-corrected chi connectivity index (χ2v) is 9.12. The smallest absolute Gasteiger partial charge is 0.236 e. The molecule has 0 unspecified atom stereocenters. The van der Waals surface area contributed by atoms with Crippen LogP contribution >= 0.6 is 23.1 Å². The molecule has 1 aromatic carbocycles. The van der Waals surface area contributed by atoms with Gasteiger partial charge in [0, 0.05) is 22.9 Å². The molecule has 1 aliphatic rings. The van der Waals surface area contributed by atoms with Gasteiger partial charge in [-0.3, -0.25) is 4.79 Å². The summed E-state index contributed by atoms with van der Waals surface area (Å²) in [6, 6.07) is 8.49. The third kappa shape index (κ3) is 4.28. The van der Waals surface area contributed by atoms with E-state index in [1.807, 2.05) is 17.5 Å². The van der Waals surface area contributed by atoms with Crippen molar-refractivity contribution in [1.82, 2.24) is 19.7 Å². The number of hydrogen-bond acceptors (Lipinski definition) is 6. The fraction of sp³-hybridized carbons (Fsp3) is 0.400. The van der Waals surface area contributed by atoms with E-state index < -0.39 is 0 Å². The molecule has 1 aliphatic carbocycles. The summed E-state index contributed by atoms with van der Waals surface area (Å²) in [5.41, 5.74) is 3.14. The predicted octanol–water partition coefficient (Wildman–Crippen LogP) is 4.90. The molecule has 3 aromatic rings. The van der Waals surface area contributed by atoms with Crippen LogP contribution in [-0.4, -0.2) is 31.4 Å². The van der Waals surface area contributed by atoms with Crippen molar-refractivity contribution < 1.29 is 4.79 Å². The molecule has 1 fully saturated rings. The van der Waals surface area contributed by atoms with Gasteiger partial charge in [-0.05, 0) is 33.6 Å². The lowest BCUT2D eigenvalue weighted by Gasteiger charge is -2.13. The maximum absolute atomic E-state index is 12.4. The minimum Gasteiger partial charge on any atom is -0.303 e. The summed E-state index contributed by atoms with van der Waals surface area (Å²) in [4.78, 5) is 16.9. The summed E-state index contributed by atoms with van der Waals surface area (Å²) in [7, 11) is 0. The largest absolute Gasteiger partial charge is 0.303 e. The number of amides is 1. The molecule has 1 amide bonds. The third-order valence-corrected chi connectivity index (χ3v) is 6.28. The Bertz CT molecular complexity index is 973. The van der Waals surface area contributed by atoms with Crippen LogP contribution in [0.25, 0.3) is 11.3 Å². The van der Waals surface area contributed by atoms with Crippen LogP contribution in [0.5, 0.6) is 0 Å². The van der Waals surface area contributed by atoms with Gasteiger partial charge in [0.2, 0.25) is 5.91 Å². The Balaban J connectivity index is 1.37. The summed E-state index contributed by atoms with van der Waals surface area (Å²) in [6.07, 6.45) is 2.37. The molecule has 0 radical (unpaired) electrons. The fourth-order valence-corrected chi connectivity index (χ4v) is 4.58. The molecule has 1 N–H and O–H groups in total. The second-order valence-electron chi connectivity index (χ2n) is 7.32. The van der Waals surface area contributed by atoms with Gasteiger partial charge in [-0.15, -0.1) is 21.5 Å². The third-order valence-electron chi connectivity index (χ3n) is 4.58. The molecule has 6 nitrogen and oxygen atoms in total. The minimum absolute atomic E-state index is 0.0823. The number of aryl methyl sites for hydroxylation is 1. The maximum atomic E-state index is 12.4. The van der Waals surface area contributed by atoms with Crippen molar-refractivity contribution in [2.24, 2.45) is 0 Å². The van der Waals surface area contributed by atoms with Gasteiger partial charge in [0.15, 0.2) is 10.3 Å². The molecule has 146 valence electrons. The first-order valence-corrected chi connectivity index (χ1v) is 11.3.